The molecule has 0 spiro atoms. The molecule has 0 saturated carbocycles. The summed E-state index contributed by atoms with van der Waals surface area (Å²) in [5.74, 6) is 2.37. The van der Waals surface area contributed by atoms with Gasteiger partial charge in [0, 0.05) is 18.5 Å². The van der Waals surface area contributed by atoms with E-state index in [0.29, 0.717) is 30.5 Å². The van der Waals surface area contributed by atoms with Crippen LogP contribution in [0.15, 0.2) is 53.1 Å². The number of aromatic nitrogens is 6. The van der Waals surface area contributed by atoms with Crippen molar-refractivity contribution in [3.05, 3.63) is 71.4 Å². The van der Waals surface area contributed by atoms with Crippen molar-refractivity contribution in [2.24, 2.45) is 5.73 Å². The van der Waals surface area contributed by atoms with E-state index in [4.69, 9.17) is 15.0 Å². The van der Waals surface area contributed by atoms with E-state index in [9.17, 15) is 0 Å². The van der Waals surface area contributed by atoms with Crippen molar-refractivity contribution < 1.29 is 9.26 Å². The highest BCUT2D eigenvalue weighted by molar-refractivity contribution is 5.54. The first-order valence-electron chi connectivity index (χ1n) is 9.18. The second-order valence-electron chi connectivity index (χ2n) is 6.60. The molecule has 2 aromatic carbocycles. The topological polar surface area (TPSA) is 118 Å². The molecule has 2 aromatic heterocycles. The third-order valence-electron chi connectivity index (χ3n) is 4.69. The maximum absolute atomic E-state index is 5.66. The minimum absolute atomic E-state index is 0.346. The number of hydrogen-bond donors (Lipinski definition) is 1. The lowest BCUT2D eigenvalue weighted by atomic mass is 10.1. The van der Waals surface area contributed by atoms with Gasteiger partial charge >= 0.3 is 0 Å². The maximum Gasteiger partial charge on any atom is 0.252 e. The number of aryl methyl sites for hydroxylation is 1. The van der Waals surface area contributed by atoms with Crippen LogP contribution in [0.25, 0.3) is 11.4 Å². The molecule has 0 fully saturated rings. The van der Waals surface area contributed by atoms with Crippen LogP contribution >= 0.6 is 0 Å². The molecule has 2 N–H and O–H groups in total. The quantitative estimate of drug-likeness (QED) is 0.510. The summed E-state index contributed by atoms with van der Waals surface area (Å²) in [5.41, 5.74) is 8.59. The van der Waals surface area contributed by atoms with Gasteiger partial charge in [0.2, 0.25) is 5.82 Å². The van der Waals surface area contributed by atoms with Crippen molar-refractivity contribution in [2.45, 2.75) is 25.9 Å². The molecule has 0 aliphatic carbocycles. The monoisotopic (exact) mass is 391 g/mol. The molecule has 4 rings (SSSR count). The molecule has 0 radical (unpaired) electrons. The lowest BCUT2D eigenvalue weighted by Gasteiger charge is -2.14. The molecule has 4 aromatic rings. The Morgan fingerprint density at radius 1 is 1.14 bits per heavy atom. The Morgan fingerprint density at radius 3 is 2.66 bits per heavy atom. The molecule has 0 saturated heterocycles. The molecule has 2 heterocycles. The first-order valence-corrected chi connectivity index (χ1v) is 9.18. The summed E-state index contributed by atoms with van der Waals surface area (Å²) >= 11 is 0. The molecule has 0 aliphatic heterocycles. The van der Waals surface area contributed by atoms with Crippen LogP contribution < -0.4 is 10.5 Å². The van der Waals surface area contributed by atoms with E-state index in [-0.39, 0.29) is 6.04 Å². The molecule has 1 unspecified atom stereocenters. The van der Waals surface area contributed by atoms with Gasteiger partial charge in [-0.25, -0.2) is 4.68 Å². The lowest BCUT2D eigenvalue weighted by Crippen LogP contribution is -2.17. The van der Waals surface area contributed by atoms with E-state index in [1.54, 1.807) is 11.8 Å². The number of benzene rings is 2. The first kappa shape index (κ1) is 18.8. The summed E-state index contributed by atoms with van der Waals surface area (Å²) < 4.78 is 12.6. The van der Waals surface area contributed by atoms with Gasteiger partial charge in [-0.15, -0.1) is 5.10 Å². The van der Waals surface area contributed by atoms with E-state index in [2.05, 4.69) is 25.7 Å². The molecule has 29 heavy (non-hydrogen) atoms. The maximum atomic E-state index is 5.66. The third-order valence-corrected chi connectivity index (χ3v) is 4.69. The molecule has 0 amide bonds. The Kier molecular flexibility index (Phi) is 5.30. The zero-order chi connectivity index (χ0) is 20.2. The fourth-order valence-electron chi connectivity index (χ4n) is 3.11. The molecule has 9 nitrogen and oxygen atoms in total. The van der Waals surface area contributed by atoms with Crippen molar-refractivity contribution in [3.63, 3.8) is 0 Å². The van der Waals surface area contributed by atoms with E-state index >= 15 is 0 Å². The minimum atomic E-state index is -0.346. The van der Waals surface area contributed by atoms with Crippen LogP contribution in [0.4, 0.5) is 0 Å². The normalized spacial score (nSPS) is 12.1. The number of hydrogen-bond acceptors (Lipinski definition) is 8. The van der Waals surface area contributed by atoms with E-state index < -0.39 is 0 Å². The van der Waals surface area contributed by atoms with Crippen LogP contribution in [0, 0.1) is 6.92 Å². The Morgan fingerprint density at radius 2 is 1.97 bits per heavy atom. The number of rotatable bonds is 7. The second-order valence-corrected chi connectivity index (χ2v) is 6.60. The molecular weight excluding hydrogens is 370 g/mol. The van der Waals surface area contributed by atoms with Gasteiger partial charge in [-0.3, -0.25) is 0 Å². The Labute approximate surface area is 167 Å². The number of tetrazole rings is 1. The summed E-state index contributed by atoms with van der Waals surface area (Å²) in [6.45, 7) is 2.32. The first-order chi connectivity index (χ1) is 14.2. The standard InChI is InChI=1S/C20H21N7O2/c1-13-23-25-26-27(13)18(11-15-4-3-5-17(10-15)28-2)20-22-19(24-29-20)16-8-6-14(12-21)7-9-16/h3-10,18H,11-12,21H2,1-2H3. The Hall–Kier alpha value is -3.59. The minimum Gasteiger partial charge on any atom is -0.497 e. The fraction of sp³-hybridized carbons (Fsp3) is 0.250. The summed E-state index contributed by atoms with van der Waals surface area (Å²) in [6.07, 6.45) is 0.566. The highest BCUT2D eigenvalue weighted by Crippen LogP contribution is 2.26. The molecule has 0 aliphatic rings. The van der Waals surface area contributed by atoms with Gasteiger partial charge in [-0.05, 0) is 40.6 Å². The summed E-state index contributed by atoms with van der Waals surface area (Å²) in [4.78, 5) is 4.62. The number of nitrogens with two attached hydrogens (primary N) is 1. The molecule has 148 valence electrons. The van der Waals surface area contributed by atoms with Crippen LogP contribution in [0.3, 0.4) is 0 Å². The number of nitrogens with zero attached hydrogens (tertiary/aromatic N) is 6. The van der Waals surface area contributed by atoms with Crippen molar-refractivity contribution in [2.75, 3.05) is 7.11 Å². The largest absolute Gasteiger partial charge is 0.497 e. The van der Waals surface area contributed by atoms with Gasteiger partial charge in [0.25, 0.3) is 5.89 Å². The van der Waals surface area contributed by atoms with Crippen LogP contribution in [-0.2, 0) is 13.0 Å². The summed E-state index contributed by atoms with van der Waals surface area (Å²) in [6, 6.07) is 15.2. The Bertz CT molecular complexity index is 1090. The summed E-state index contributed by atoms with van der Waals surface area (Å²) in [7, 11) is 1.64. The molecule has 0 bridgehead atoms. The van der Waals surface area contributed by atoms with Gasteiger partial charge in [0.15, 0.2) is 0 Å². The van der Waals surface area contributed by atoms with Crippen molar-refractivity contribution in [1.29, 1.82) is 0 Å². The third kappa shape index (κ3) is 3.99. The van der Waals surface area contributed by atoms with Crippen molar-refractivity contribution in [3.8, 4) is 17.1 Å². The number of ether oxygens (including phenoxy) is 1. The van der Waals surface area contributed by atoms with E-state index in [1.807, 2.05) is 55.5 Å². The highest BCUT2D eigenvalue weighted by atomic mass is 16.5. The summed E-state index contributed by atoms with van der Waals surface area (Å²) in [5, 5.41) is 16.0. The molecule has 9 heteroatoms. The molecular formula is C20H21N7O2. The van der Waals surface area contributed by atoms with Crippen LogP contribution in [0.1, 0.15) is 28.9 Å². The van der Waals surface area contributed by atoms with Gasteiger partial charge < -0.3 is 15.0 Å². The fourth-order valence-corrected chi connectivity index (χ4v) is 3.11. The second kappa shape index (κ2) is 8.19. The van der Waals surface area contributed by atoms with Gasteiger partial charge in [-0.2, -0.15) is 4.98 Å². The Balaban J connectivity index is 1.68. The SMILES string of the molecule is COc1cccc(CC(c2nc(-c3ccc(CN)cc3)no2)n2nnnc2C)c1. The van der Waals surface area contributed by atoms with E-state index in [0.717, 1.165) is 22.4 Å². The van der Waals surface area contributed by atoms with E-state index in [1.165, 1.54) is 0 Å². The van der Waals surface area contributed by atoms with Crippen molar-refractivity contribution in [1.82, 2.24) is 30.3 Å². The smallest absolute Gasteiger partial charge is 0.252 e. The van der Waals surface area contributed by atoms with Crippen molar-refractivity contribution >= 4 is 0 Å². The van der Waals surface area contributed by atoms with Gasteiger partial charge in [-0.1, -0.05) is 41.6 Å². The molecule has 1 atom stereocenters. The van der Waals surface area contributed by atoms with Crippen LogP contribution in [-0.4, -0.2) is 37.5 Å². The van der Waals surface area contributed by atoms with Gasteiger partial charge in [0.05, 0.1) is 7.11 Å². The highest BCUT2D eigenvalue weighted by Gasteiger charge is 2.25. The zero-order valence-electron chi connectivity index (χ0n) is 16.2. The lowest BCUT2D eigenvalue weighted by molar-refractivity contribution is 0.319. The zero-order valence-corrected chi connectivity index (χ0v) is 16.2. The predicted octanol–water partition coefficient (Wildman–Crippen LogP) is 2.33. The predicted molar refractivity (Wildman–Crippen MR) is 105 cm³/mol. The average molecular weight is 391 g/mol. The number of methoxy groups -OCH3 is 1. The van der Waals surface area contributed by atoms with Crippen LogP contribution in [0.5, 0.6) is 5.75 Å². The van der Waals surface area contributed by atoms with Crippen LogP contribution in [0.2, 0.25) is 0 Å². The average Bonchev–Trinajstić information content (AvgIpc) is 3.42. The van der Waals surface area contributed by atoms with Gasteiger partial charge in [0.1, 0.15) is 17.6 Å².